The molecule has 0 radical (unpaired) electrons. The van der Waals surface area contributed by atoms with Gasteiger partial charge in [-0.3, -0.25) is 4.98 Å². The average Bonchev–Trinajstić information content (AvgIpc) is 2.44. The SMILES string of the molecule is CN(CCc1ccncc1)c1cc(C(F)(F)F)cc(N)n1. The number of hydrogen-bond donors (Lipinski definition) is 1. The van der Waals surface area contributed by atoms with Crippen LogP contribution in [-0.2, 0) is 12.6 Å². The van der Waals surface area contributed by atoms with Crippen molar-refractivity contribution < 1.29 is 13.2 Å². The largest absolute Gasteiger partial charge is 0.416 e. The molecule has 0 aliphatic carbocycles. The lowest BCUT2D eigenvalue weighted by molar-refractivity contribution is -0.137. The van der Waals surface area contributed by atoms with Crippen LogP contribution in [0.25, 0.3) is 0 Å². The van der Waals surface area contributed by atoms with Crippen LogP contribution in [0.15, 0.2) is 36.7 Å². The van der Waals surface area contributed by atoms with Crippen LogP contribution in [0.3, 0.4) is 0 Å². The Hall–Kier alpha value is -2.31. The summed E-state index contributed by atoms with van der Waals surface area (Å²) in [7, 11) is 1.68. The van der Waals surface area contributed by atoms with Crippen molar-refractivity contribution in [2.75, 3.05) is 24.2 Å². The molecule has 0 atom stereocenters. The second-order valence-corrected chi connectivity index (χ2v) is 4.66. The summed E-state index contributed by atoms with van der Waals surface area (Å²) < 4.78 is 38.3. The first kappa shape index (κ1) is 15.1. The Bertz CT molecular complexity index is 599. The quantitative estimate of drug-likeness (QED) is 0.942. The smallest absolute Gasteiger partial charge is 0.384 e. The molecule has 112 valence electrons. The van der Waals surface area contributed by atoms with Crippen LogP contribution in [0.1, 0.15) is 11.1 Å². The van der Waals surface area contributed by atoms with Crippen molar-refractivity contribution in [3.63, 3.8) is 0 Å². The molecule has 0 aliphatic heterocycles. The monoisotopic (exact) mass is 296 g/mol. The predicted molar refractivity (Wildman–Crippen MR) is 74.9 cm³/mol. The minimum absolute atomic E-state index is 0.143. The molecule has 2 rings (SSSR count). The van der Waals surface area contributed by atoms with Gasteiger partial charge in [-0.25, -0.2) is 4.98 Å². The fourth-order valence-corrected chi connectivity index (χ4v) is 1.86. The van der Waals surface area contributed by atoms with E-state index >= 15 is 0 Å². The number of nitrogens with zero attached hydrogens (tertiary/aromatic N) is 3. The van der Waals surface area contributed by atoms with Gasteiger partial charge in [-0.2, -0.15) is 13.2 Å². The summed E-state index contributed by atoms with van der Waals surface area (Å²) in [6.45, 7) is 0.526. The normalized spacial score (nSPS) is 11.4. The second-order valence-electron chi connectivity index (χ2n) is 4.66. The third-order valence-corrected chi connectivity index (χ3v) is 3.04. The summed E-state index contributed by atoms with van der Waals surface area (Å²) in [5.74, 6) is 0.0620. The van der Waals surface area contributed by atoms with Gasteiger partial charge in [-0.05, 0) is 36.2 Å². The molecule has 0 saturated carbocycles. The highest BCUT2D eigenvalue weighted by Crippen LogP contribution is 2.32. The van der Waals surface area contributed by atoms with Gasteiger partial charge < -0.3 is 10.6 Å². The number of halogens is 3. The Morgan fingerprint density at radius 2 is 1.86 bits per heavy atom. The number of hydrogen-bond acceptors (Lipinski definition) is 4. The summed E-state index contributed by atoms with van der Waals surface area (Å²) in [6, 6.07) is 5.56. The van der Waals surface area contributed by atoms with Gasteiger partial charge in [0.25, 0.3) is 0 Å². The fourth-order valence-electron chi connectivity index (χ4n) is 1.86. The van der Waals surface area contributed by atoms with Crippen molar-refractivity contribution in [1.82, 2.24) is 9.97 Å². The van der Waals surface area contributed by atoms with Gasteiger partial charge in [-0.1, -0.05) is 0 Å². The van der Waals surface area contributed by atoms with Crippen molar-refractivity contribution >= 4 is 11.6 Å². The number of nitrogens with two attached hydrogens (primary N) is 1. The van der Waals surface area contributed by atoms with Gasteiger partial charge >= 0.3 is 6.18 Å². The Labute approximate surface area is 120 Å². The van der Waals surface area contributed by atoms with Crippen molar-refractivity contribution in [1.29, 1.82) is 0 Å². The topological polar surface area (TPSA) is 55.0 Å². The zero-order chi connectivity index (χ0) is 15.5. The summed E-state index contributed by atoms with van der Waals surface area (Å²) >= 11 is 0. The number of pyridine rings is 2. The predicted octanol–water partition coefficient (Wildman–Crippen LogP) is 2.76. The third kappa shape index (κ3) is 4.08. The van der Waals surface area contributed by atoms with Crippen LogP contribution in [0.4, 0.5) is 24.8 Å². The molecular weight excluding hydrogens is 281 g/mol. The van der Waals surface area contributed by atoms with Crippen LogP contribution in [0.5, 0.6) is 0 Å². The molecule has 0 aromatic carbocycles. The van der Waals surface area contributed by atoms with Crippen molar-refractivity contribution in [2.45, 2.75) is 12.6 Å². The van der Waals surface area contributed by atoms with Gasteiger partial charge in [0.1, 0.15) is 11.6 Å². The first-order valence-corrected chi connectivity index (χ1v) is 6.31. The number of anilines is 2. The lowest BCUT2D eigenvalue weighted by atomic mass is 10.2. The van der Waals surface area contributed by atoms with Gasteiger partial charge in [0, 0.05) is 26.0 Å². The van der Waals surface area contributed by atoms with Gasteiger partial charge in [0.05, 0.1) is 5.56 Å². The first-order valence-electron chi connectivity index (χ1n) is 6.31. The highest BCUT2D eigenvalue weighted by atomic mass is 19.4. The third-order valence-electron chi connectivity index (χ3n) is 3.04. The maximum atomic E-state index is 12.8. The van der Waals surface area contributed by atoms with Crippen LogP contribution in [0.2, 0.25) is 0 Å². The maximum absolute atomic E-state index is 12.8. The number of likely N-dealkylation sites (N-methyl/N-ethyl adjacent to an activating group) is 1. The van der Waals surface area contributed by atoms with E-state index in [4.69, 9.17) is 5.73 Å². The van der Waals surface area contributed by atoms with Crippen molar-refractivity contribution in [2.24, 2.45) is 0 Å². The first-order chi connectivity index (χ1) is 9.86. The van der Waals surface area contributed by atoms with Crippen LogP contribution < -0.4 is 10.6 Å². The zero-order valence-corrected chi connectivity index (χ0v) is 11.4. The highest BCUT2D eigenvalue weighted by Gasteiger charge is 2.31. The van der Waals surface area contributed by atoms with E-state index in [-0.39, 0.29) is 11.6 Å². The van der Waals surface area contributed by atoms with Crippen LogP contribution >= 0.6 is 0 Å². The molecule has 0 unspecified atom stereocenters. The average molecular weight is 296 g/mol. The highest BCUT2D eigenvalue weighted by molar-refractivity contribution is 5.49. The molecule has 2 heterocycles. The molecule has 0 spiro atoms. The van der Waals surface area contributed by atoms with E-state index in [1.54, 1.807) is 24.3 Å². The standard InChI is InChI=1S/C14H15F3N4/c1-21(7-4-10-2-5-19-6-3-10)13-9-11(14(15,16)17)8-12(18)20-13/h2-3,5-6,8-9H,4,7H2,1H3,(H2,18,20). The Morgan fingerprint density at radius 3 is 2.48 bits per heavy atom. The lowest BCUT2D eigenvalue weighted by Gasteiger charge is -2.20. The van der Waals surface area contributed by atoms with Crippen LogP contribution in [0, 0.1) is 0 Å². The fraction of sp³-hybridized carbons (Fsp3) is 0.286. The molecule has 0 fully saturated rings. The minimum atomic E-state index is -4.43. The van der Waals surface area contributed by atoms with Crippen molar-refractivity contribution in [3.8, 4) is 0 Å². The number of alkyl halides is 3. The van der Waals surface area contributed by atoms with E-state index in [1.165, 1.54) is 0 Å². The van der Waals surface area contributed by atoms with Crippen molar-refractivity contribution in [3.05, 3.63) is 47.8 Å². The summed E-state index contributed by atoms with van der Waals surface area (Å²) in [4.78, 5) is 9.51. The summed E-state index contributed by atoms with van der Waals surface area (Å²) in [5, 5.41) is 0. The number of rotatable bonds is 4. The number of nitrogen functional groups attached to an aromatic ring is 1. The molecule has 2 N–H and O–H groups in total. The van der Waals surface area contributed by atoms with Gasteiger partial charge in [-0.15, -0.1) is 0 Å². The lowest BCUT2D eigenvalue weighted by Crippen LogP contribution is -2.22. The molecular formula is C14H15F3N4. The van der Waals surface area contributed by atoms with E-state index in [2.05, 4.69) is 9.97 Å². The van der Waals surface area contributed by atoms with E-state index in [0.29, 0.717) is 13.0 Å². The van der Waals surface area contributed by atoms with E-state index in [9.17, 15) is 13.2 Å². The molecule has 7 heteroatoms. The Kier molecular flexibility index (Phi) is 4.30. The Balaban J connectivity index is 2.12. The maximum Gasteiger partial charge on any atom is 0.416 e. The molecule has 2 aromatic heterocycles. The molecule has 0 bridgehead atoms. The minimum Gasteiger partial charge on any atom is -0.384 e. The van der Waals surface area contributed by atoms with Gasteiger partial charge in [0.15, 0.2) is 0 Å². The molecule has 21 heavy (non-hydrogen) atoms. The molecule has 0 aliphatic rings. The van der Waals surface area contributed by atoms with Crippen LogP contribution in [-0.4, -0.2) is 23.6 Å². The molecule has 0 amide bonds. The molecule has 0 saturated heterocycles. The van der Waals surface area contributed by atoms with Gasteiger partial charge in [0.2, 0.25) is 0 Å². The van der Waals surface area contributed by atoms with E-state index in [0.717, 1.165) is 17.7 Å². The second kappa shape index (κ2) is 5.99. The number of aromatic nitrogens is 2. The molecule has 4 nitrogen and oxygen atoms in total. The van der Waals surface area contributed by atoms with E-state index in [1.807, 2.05) is 12.1 Å². The van der Waals surface area contributed by atoms with E-state index < -0.39 is 11.7 Å². The summed E-state index contributed by atoms with van der Waals surface area (Å²) in [6.07, 6.45) is -0.402. The zero-order valence-electron chi connectivity index (χ0n) is 11.4. The molecule has 2 aromatic rings. The summed E-state index contributed by atoms with van der Waals surface area (Å²) in [5.41, 5.74) is 5.72. The Morgan fingerprint density at radius 1 is 1.19 bits per heavy atom.